The summed E-state index contributed by atoms with van der Waals surface area (Å²) in [6, 6.07) is 13.0. The lowest BCUT2D eigenvalue weighted by Gasteiger charge is -2.22. The van der Waals surface area contributed by atoms with Gasteiger partial charge in [0.25, 0.3) is 5.56 Å². The minimum atomic E-state index is -1.18. The largest absolute Gasteiger partial charge is 0.497 e. The number of pyridine rings is 1. The van der Waals surface area contributed by atoms with Crippen molar-refractivity contribution in [1.29, 1.82) is 0 Å². The number of aromatic nitrogens is 1. The van der Waals surface area contributed by atoms with Crippen molar-refractivity contribution in [2.75, 3.05) is 20.2 Å². The lowest BCUT2D eigenvalue weighted by Crippen LogP contribution is -2.33. The fourth-order valence-electron chi connectivity index (χ4n) is 3.68. The molecule has 0 bridgehead atoms. The van der Waals surface area contributed by atoms with E-state index < -0.39 is 10.8 Å². The van der Waals surface area contributed by atoms with E-state index in [0.29, 0.717) is 21.8 Å². The number of methoxy groups -OCH3 is 1. The predicted octanol–water partition coefficient (Wildman–Crippen LogP) is 3.57. The number of benzene rings is 2. The molecular formula is C22H23ClN2O3S. The monoisotopic (exact) mass is 430 g/mol. The standard InChI is InChI=1S/C22H23ClN2O3S/c1-28-17-4-2-15(3-5-17)14-25-11-8-16-12-21(20(23)13-19(16)22(25)26)29(27)18-6-9-24-10-7-18/h2-5,8,11-13,18,24H,6-7,9-10,14H2,1H3. The molecule has 0 amide bonds. The van der Waals surface area contributed by atoms with Crippen molar-refractivity contribution in [2.45, 2.75) is 29.5 Å². The van der Waals surface area contributed by atoms with Crippen LogP contribution in [-0.4, -0.2) is 34.2 Å². The molecule has 4 rings (SSSR count). The van der Waals surface area contributed by atoms with Gasteiger partial charge in [-0.25, -0.2) is 0 Å². The SMILES string of the molecule is COc1ccc(Cn2ccc3cc(S(=O)C4CCNCC4)c(Cl)cc3c2=O)cc1. The van der Waals surface area contributed by atoms with Crippen LogP contribution in [0.1, 0.15) is 18.4 Å². The summed E-state index contributed by atoms with van der Waals surface area (Å²) in [5.74, 6) is 0.778. The Morgan fingerprint density at radius 3 is 2.59 bits per heavy atom. The highest BCUT2D eigenvalue weighted by atomic mass is 35.5. The average Bonchev–Trinajstić information content (AvgIpc) is 2.76. The maximum Gasteiger partial charge on any atom is 0.258 e. The first-order valence-electron chi connectivity index (χ1n) is 9.64. The van der Waals surface area contributed by atoms with Gasteiger partial charge in [-0.3, -0.25) is 9.00 Å². The van der Waals surface area contributed by atoms with Crippen LogP contribution in [-0.2, 0) is 17.3 Å². The van der Waals surface area contributed by atoms with Crippen LogP contribution < -0.4 is 15.6 Å². The first-order valence-corrected chi connectivity index (χ1v) is 11.2. The molecule has 0 saturated carbocycles. The summed E-state index contributed by atoms with van der Waals surface area (Å²) in [6.07, 6.45) is 3.51. The van der Waals surface area contributed by atoms with E-state index in [1.807, 2.05) is 36.4 Å². The minimum Gasteiger partial charge on any atom is -0.497 e. The number of fused-ring (bicyclic) bond motifs is 1. The van der Waals surface area contributed by atoms with Crippen LogP contribution in [0, 0.1) is 0 Å². The molecule has 1 aliphatic heterocycles. The Hall–Kier alpha value is -2.15. The van der Waals surface area contributed by atoms with Crippen molar-refractivity contribution in [3.8, 4) is 5.75 Å². The summed E-state index contributed by atoms with van der Waals surface area (Å²) in [6.45, 7) is 2.20. The van der Waals surface area contributed by atoms with Crippen molar-refractivity contribution in [2.24, 2.45) is 0 Å². The molecule has 1 N–H and O–H groups in total. The van der Waals surface area contributed by atoms with Crippen molar-refractivity contribution >= 4 is 33.2 Å². The van der Waals surface area contributed by atoms with E-state index in [4.69, 9.17) is 16.3 Å². The van der Waals surface area contributed by atoms with Crippen LogP contribution in [0.5, 0.6) is 5.75 Å². The highest BCUT2D eigenvalue weighted by molar-refractivity contribution is 7.85. The lowest BCUT2D eigenvalue weighted by molar-refractivity contribution is 0.414. The van der Waals surface area contributed by atoms with Crippen molar-refractivity contribution in [3.63, 3.8) is 0 Å². The van der Waals surface area contributed by atoms with Crippen LogP contribution >= 0.6 is 11.6 Å². The van der Waals surface area contributed by atoms with Crippen LogP contribution in [0.4, 0.5) is 0 Å². The molecule has 0 spiro atoms. The first-order chi connectivity index (χ1) is 14.1. The number of nitrogens with zero attached hydrogens (tertiary/aromatic N) is 1. The smallest absolute Gasteiger partial charge is 0.258 e. The molecule has 1 saturated heterocycles. The lowest BCUT2D eigenvalue weighted by atomic mass is 10.1. The fraction of sp³-hybridized carbons (Fsp3) is 0.318. The third-order valence-electron chi connectivity index (χ3n) is 5.35. The summed E-state index contributed by atoms with van der Waals surface area (Å²) in [5.41, 5.74) is 0.890. The number of rotatable bonds is 5. The topological polar surface area (TPSA) is 60.3 Å². The molecule has 5 nitrogen and oxygen atoms in total. The molecule has 29 heavy (non-hydrogen) atoms. The van der Waals surface area contributed by atoms with Gasteiger partial charge in [0.05, 0.1) is 34.4 Å². The Morgan fingerprint density at radius 1 is 1.17 bits per heavy atom. The van der Waals surface area contributed by atoms with Crippen LogP contribution in [0.25, 0.3) is 10.8 Å². The second kappa shape index (κ2) is 8.69. The zero-order valence-electron chi connectivity index (χ0n) is 16.2. The minimum absolute atomic E-state index is 0.0987. The highest BCUT2D eigenvalue weighted by Crippen LogP contribution is 2.29. The number of ether oxygens (including phenoxy) is 1. The second-order valence-corrected chi connectivity index (χ2v) is 9.32. The summed E-state index contributed by atoms with van der Waals surface area (Å²) in [7, 11) is 0.447. The molecular weight excluding hydrogens is 408 g/mol. The molecule has 152 valence electrons. The maximum atomic E-state index is 13.0. The summed E-state index contributed by atoms with van der Waals surface area (Å²) in [4.78, 5) is 13.6. The van der Waals surface area contributed by atoms with Crippen LogP contribution in [0.2, 0.25) is 5.02 Å². The fourth-order valence-corrected chi connectivity index (χ4v) is 5.59. The van der Waals surface area contributed by atoms with E-state index in [1.54, 1.807) is 23.9 Å². The van der Waals surface area contributed by atoms with Gasteiger partial charge >= 0.3 is 0 Å². The van der Waals surface area contributed by atoms with Gasteiger partial charge in [0.1, 0.15) is 5.75 Å². The first kappa shape index (κ1) is 20.1. The van der Waals surface area contributed by atoms with E-state index in [0.717, 1.165) is 42.6 Å². The summed E-state index contributed by atoms with van der Waals surface area (Å²) >= 11 is 6.46. The molecule has 2 heterocycles. The Balaban J connectivity index is 1.65. The molecule has 2 aromatic carbocycles. The van der Waals surface area contributed by atoms with Gasteiger partial charge in [0.15, 0.2) is 0 Å². The van der Waals surface area contributed by atoms with E-state index in [1.165, 1.54) is 0 Å². The predicted molar refractivity (Wildman–Crippen MR) is 118 cm³/mol. The van der Waals surface area contributed by atoms with E-state index >= 15 is 0 Å². The third-order valence-corrected chi connectivity index (χ3v) is 7.62. The maximum absolute atomic E-state index is 13.0. The molecule has 1 atom stereocenters. The molecule has 0 aliphatic carbocycles. The molecule has 1 fully saturated rings. The van der Waals surface area contributed by atoms with Gasteiger partial charge in [-0.1, -0.05) is 23.7 Å². The van der Waals surface area contributed by atoms with E-state index in [9.17, 15) is 9.00 Å². The van der Waals surface area contributed by atoms with Gasteiger partial charge in [0, 0.05) is 16.8 Å². The number of nitrogens with one attached hydrogen (secondary N) is 1. The zero-order valence-corrected chi connectivity index (χ0v) is 17.8. The van der Waals surface area contributed by atoms with Crippen LogP contribution in [0.15, 0.2) is 58.4 Å². The molecule has 3 aromatic rings. The zero-order chi connectivity index (χ0) is 20.4. The second-order valence-electron chi connectivity index (χ2n) is 7.21. The Bertz CT molecular complexity index is 1110. The van der Waals surface area contributed by atoms with Gasteiger partial charge < -0.3 is 14.6 Å². The third kappa shape index (κ3) is 4.25. The van der Waals surface area contributed by atoms with Gasteiger partial charge in [-0.15, -0.1) is 0 Å². The summed E-state index contributed by atoms with van der Waals surface area (Å²) < 4.78 is 19.8. The van der Waals surface area contributed by atoms with Crippen molar-refractivity contribution in [3.05, 3.63) is 69.6 Å². The normalized spacial score (nSPS) is 16.1. The molecule has 1 aliphatic rings. The molecule has 0 radical (unpaired) electrons. The Labute approximate surface area is 177 Å². The Morgan fingerprint density at radius 2 is 1.90 bits per heavy atom. The van der Waals surface area contributed by atoms with Crippen molar-refractivity contribution < 1.29 is 8.95 Å². The molecule has 7 heteroatoms. The molecule has 1 aromatic heterocycles. The number of hydrogen-bond acceptors (Lipinski definition) is 4. The van der Waals surface area contributed by atoms with Gasteiger partial charge in [0.2, 0.25) is 0 Å². The number of hydrogen-bond donors (Lipinski definition) is 1. The Kier molecular flexibility index (Phi) is 6.04. The van der Waals surface area contributed by atoms with Crippen LogP contribution in [0.3, 0.4) is 0 Å². The number of piperidine rings is 1. The molecule has 1 unspecified atom stereocenters. The average molecular weight is 431 g/mol. The highest BCUT2D eigenvalue weighted by Gasteiger charge is 2.23. The van der Waals surface area contributed by atoms with Gasteiger partial charge in [-0.2, -0.15) is 0 Å². The summed E-state index contributed by atoms with van der Waals surface area (Å²) in [5, 5.41) is 5.09. The van der Waals surface area contributed by atoms with Crippen molar-refractivity contribution in [1.82, 2.24) is 9.88 Å². The van der Waals surface area contributed by atoms with Gasteiger partial charge in [-0.05, 0) is 67.2 Å². The van der Waals surface area contributed by atoms with E-state index in [2.05, 4.69) is 5.32 Å². The number of halogens is 1. The quantitative estimate of drug-likeness (QED) is 0.672. The van der Waals surface area contributed by atoms with E-state index in [-0.39, 0.29) is 10.8 Å².